The number of aromatic nitrogens is 3. The smallest absolute Gasteiger partial charge is 0.247 e. The largest absolute Gasteiger partial charge is 0.497 e. The minimum Gasteiger partial charge on any atom is -0.497 e. The fraction of sp³-hybridized carbons (Fsp3) is 0.0526. The molecule has 0 aliphatic carbocycles. The maximum absolute atomic E-state index is 11.4. The number of methoxy groups -OCH3 is 1. The number of hydrogen-bond donors (Lipinski definition) is 2. The van der Waals surface area contributed by atoms with Gasteiger partial charge in [-0.2, -0.15) is 4.98 Å². The molecule has 0 saturated carbocycles. The molecule has 3 N–H and O–H groups in total. The van der Waals surface area contributed by atoms with Gasteiger partial charge in [-0.25, -0.2) is 18.1 Å². The maximum Gasteiger partial charge on any atom is 0.247 e. The zero-order valence-electron chi connectivity index (χ0n) is 14.9. The molecule has 0 atom stereocenters. The molecule has 0 amide bonds. The van der Waals surface area contributed by atoms with E-state index in [4.69, 9.17) is 9.88 Å². The molecule has 142 valence electrons. The van der Waals surface area contributed by atoms with Crippen LogP contribution in [-0.2, 0) is 10.0 Å². The Morgan fingerprint density at radius 1 is 1.00 bits per heavy atom. The topological polar surface area (TPSA) is 112 Å². The lowest BCUT2D eigenvalue weighted by molar-refractivity contribution is 0.415. The Hall–Kier alpha value is -3.43. The monoisotopic (exact) mass is 395 g/mol. The summed E-state index contributed by atoms with van der Waals surface area (Å²) in [5.41, 5.74) is 3.18. The van der Waals surface area contributed by atoms with E-state index >= 15 is 0 Å². The highest BCUT2D eigenvalue weighted by atomic mass is 32.2. The standard InChI is InChI=1S/C19H17N5O3S/c1-27-15-9-5-13(6-10-15)17-3-2-4-18-22-19(23-24(17)18)21-14-7-11-16(12-8-14)28(20,25)26/h2-12H,1H3,(H,21,23)(H2,20,25,26). The number of benzene rings is 2. The lowest BCUT2D eigenvalue weighted by Crippen LogP contribution is -2.11. The van der Waals surface area contributed by atoms with Gasteiger partial charge in [-0.15, -0.1) is 5.10 Å². The van der Waals surface area contributed by atoms with Crippen LogP contribution in [0.25, 0.3) is 16.9 Å². The summed E-state index contributed by atoms with van der Waals surface area (Å²) in [5, 5.41) is 12.7. The van der Waals surface area contributed by atoms with Gasteiger partial charge >= 0.3 is 0 Å². The number of sulfonamides is 1. The molecule has 28 heavy (non-hydrogen) atoms. The van der Waals surface area contributed by atoms with Crippen LogP contribution in [0.4, 0.5) is 11.6 Å². The Labute approximate surface area is 161 Å². The third-order valence-electron chi connectivity index (χ3n) is 4.18. The molecule has 2 aromatic carbocycles. The highest BCUT2D eigenvalue weighted by Gasteiger charge is 2.11. The number of ether oxygens (including phenoxy) is 1. The summed E-state index contributed by atoms with van der Waals surface area (Å²) in [6, 6.07) is 19.5. The van der Waals surface area contributed by atoms with Crippen LogP contribution < -0.4 is 15.2 Å². The molecule has 4 aromatic rings. The van der Waals surface area contributed by atoms with Crippen molar-refractivity contribution >= 4 is 27.3 Å². The van der Waals surface area contributed by atoms with Crippen LogP contribution in [0.15, 0.2) is 71.6 Å². The first-order valence-electron chi connectivity index (χ1n) is 8.34. The first kappa shape index (κ1) is 18.0. The molecule has 2 aromatic heterocycles. The SMILES string of the molecule is COc1ccc(-c2cccc3nc(Nc4ccc(S(N)(=O)=O)cc4)nn23)cc1. The number of rotatable bonds is 5. The number of nitrogens with one attached hydrogen (secondary N) is 1. The minimum absolute atomic E-state index is 0.0443. The summed E-state index contributed by atoms with van der Waals surface area (Å²) >= 11 is 0. The van der Waals surface area contributed by atoms with Gasteiger partial charge in [0, 0.05) is 11.3 Å². The van der Waals surface area contributed by atoms with Crippen LogP contribution in [0.1, 0.15) is 0 Å². The third-order valence-corrected chi connectivity index (χ3v) is 5.11. The van der Waals surface area contributed by atoms with Crippen molar-refractivity contribution < 1.29 is 13.2 Å². The van der Waals surface area contributed by atoms with Crippen molar-refractivity contribution in [3.8, 4) is 17.0 Å². The molecular formula is C19H17N5O3S. The summed E-state index contributed by atoms with van der Waals surface area (Å²) in [5.74, 6) is 1.17. The Kier molecular flexibility index (Phi) is 4.46. The van der Waals surface area contributed by atoms with Crippen molar-refractivity contribution in [2.45, 2.75) is 4.90 Å². The summed E-state index contributed by atoms with van der Waals surface area (Å²) in [4.78, 5) is 4.52. The second-order valence-electron chi connectivity index (χ2n) is 6.04. The van der Waals surface area contributed by atoms with E-state index in [1.54, 1.807) is 23.8 Å². The summed E-state index contributed by atoms with van der Waals surface area (Å²) in [6.45, 7) is 0. The second-order valence-corrected chi connectivity index (χ2v) is 7.60. The third kappa shape index (κ3) is 3.53. The zero-order valence-corrected chi connectivity index (χ0v) is 15.7. The van der Waals surface area contributed by atoms with E-state index in [1.807, 2.05) is 42.5 Å². The number of pyridine rings is 1. The molecule has 0 unspecified atom stereocenters. The van der Waals surface area contributed by atoms with Gasteiger partial charge in [-0.1, -0.05) is 6.07 Å². The van der Waals surface area contributed by atoms with Gasteiger partial charge in [0.25, 0.3) is 0 Å². The predicted octanol–water partition coefficient (Wildman–Crippen LogP) is 2.80. The van der Waals surface area contributed by atoms with Gasteiger partial charge in [0.1, 0.15) is 5.75 Å². The number of fused-ring (bicyclic) bond motifs is 1. The Balaban J connectivity index is 1.66. The van der Waals surface area contributed by atoms with E-state index < -0.39 is 10.0 Å². The van der Waals surface area contributed by atoms with Crippen LogP contribution in [0.5, 0.6) is 5.75 Å². The van der Waals surface area contributed by atoms with Crippen molar-refractivity contribution in [2.24, 2.45) is 5.14 Å². The van der Waals surface area contributed by atoms with Crippen LogP contribution in [0.3, 0.4) is 0 Å². The number of anilines is 2. The van der Waals surface area contributed by atoms with Crippen molar-refractivity contribution in [1.29, 1.82) is 0 Å². The Morgan fingerprint density at radius 2 is 1.71 bits per heavy atom. The fourth-order valence-corrected chi connectivity index (χ4v) is 3.31. The van der Waals surface area contributed by atoms with E-state index in [1.165, 1.54) is 12.1 Å². The number of primary sulfonamides is 1. The molecule has 0 radical (unpaired) electrons. The Morgan fingerprint density at radius 3 is 2.36 bits per heavy atom. The van der Waals surface area contributed by atoms with Gasteiger partial charge in [0.2, 0.25) is 16.0 Å². The predicted molar refractivity (Wildman–Crippen MR) is 106 cm³/mol. The van der Waals surface area contributed by atoms with Crippen molar-refractivity contribution in [3.05, 3.63) is 66.7 Å². The van der Waals surface area contributed by atoms with Crippen molar-refractivity contribution in [1.82, 2.24) is 14.6 Å². The van der Waals surface area contributed by atoms with E-state index in [0.717, 1.165) is 17.0 Å². The second kappa shape index (κ2) is 6.95. The first-order valence-corrected chi connectivity index (χ1v) is 9.89. The molecule has 9 heteroatoms. The average Bonchev–Trinajstić information content (AvgIpc) is 3.10. The van der Waals surface area contributed by atoms with Gasteiger partial charge in [-0.05, 0) is 60.7 Å². The molecule has 4 rings (SSSR count). The Bertz CT molecular complexity index is 1230. The van der Waals surface area contributed by atoms with E-state index in [-0.39, 0.29) is 4.90 Å². The number of nitrogens with two attached hydrogens (primary N) is 1. The number of hydrogen-bond acceptors (Lipinski definition) is 6. The highest BCUT2D eigenvalue weighted by molar-refractivity contribution is 7.89. The molecular weight excluding hydrogens is 378 g/mol. The fourth-order valence-electron chi connectivity index (χ4n) is 2.80. The summed E-state index contributed by atoms with van der Waals surface area (Å²) in [6.07, 6.45) is 0. The maximum atomic E-state index is 11.4. The van der Waals surface area contributed by atoms with Gasteiger partial charge in [0.05, 0.1) is 17.7 Å². The summed E-state index contributed by atoms with van der Waals surface area (Å²) < 4.78 is 29.6. The van der Waals surface area contributed by atoms with Gasteiger partial charge < -0.3 is 10.1 Å². The molecule has 2 heterocycles. The normalized spacial score (nSPS) is 11.5. The van der Waals surface area contributed by atoms with Gasteiger partial charge in [0.15, 0.2) is 5.65 Å². The quantitative estimate of drug-likeness (QED) is 0.537. The molecule has 0 aliphatic rings. The molecule has 0 aliphatic heterocycles. The molecule has 0 fully saturated rings. The average molecular weight is 395 g/mol. The van der Waals surface area contributed by atoms with Crippen LogP contribution in [0, 0.1) is 0 Å². The lowest BCUT2D eigenvalue weighted by Gasteiger charge is -2.05. The molecule has 0 saturated heterocycles. The van der Waals surface area contributed by atoms with Crippen LogP contribution in [0.2, 0.25) is 0 Å². The van der Waals surface area contributed by atoms with Crippen LogP contribution >= 0.6 is 0 Å². The zero-order chi connectivity index (χ0) is 19.7. The molecule has 0 spiro atoms. The number of nitrogens with zero attached hydrogens (tertiary/aromatic N) is 3. The van der Waals surface area contributed by atoms with Gasteiger partial charge in [-0.3, -0.25) is 0 Å². The highest BCUT2D eigenvalue weighted by Crippen LogP contribution is 2.24. The lowest BCUT2D eigenvalue weighted by atomic mass is 10.1. The first-order chi connectivity index (χ1) is 13.4. The van der Waals surface area contributed by atoms with E-state index in [9.17, 15) is 8.42 Å². The van der Waals surface area contributed by atoms with Crippen molar-refractivity contribution in [3.63, 3.8) is 0 Å². The molecule has 0 bridgehead atoms. The van der Waals surface area contributed by atoms with E-state index in [2.05, 4.69) is 15.4 Å². The van der Waals surface area contributed by atoms with E-state index in [0.29, 0.717) is 17.3 Å². The summed E-state index contributed by atoms with van der Waals surface area (Å²) in [7, 11) is -2.10. The van der Waals surface area contributed by atoms with Crippen LogP contribution in [-0.4, -0.2) is 30.1 Å². The molecule has 8 nitrogen and oxygen atoms in total. The van der Waals surface area contributed by atoms with Crippen molar-refractivity contribution in [2.75, 3.05) is 12.4 Å². The minimum atomic E-state index is -3.73.